The second kappa shape index (κ2) is 19.9. The van der Waals surface area contributed by atoms with Crippen LogP contribution in [0.2, 0.25) is 0 Å². The van der Waals surface area contributed by atoms with Crippen molar-refractivity contribution >= 4 is 23.4 Å². The molecule has 0 spiro atoms. The number of rotatable bonds is 19. The van der Waals surface area contributed by atoms with Crippen LogP contribution in [0.15, 0.2) is 96.2 Å². The number of carbonyl (C=O) groups is 1. The minimum Gasteiger partial charge on any atom is -0.459 e. The van der Waals surface area contributed by atoms with Gasteiger partial charge in [0.05, 0.1) is 24.1 Å². The first kappa shape index (κ1) is 42.3. The van der Waals surface area contributed by atoms with Gasteiger partial charge in [0.15, 0.2) is 0 Å². The zero-order valence-electron chi connectivity index (χ0n) is 33.4. The second-order valence-corrected chi connectivity index (χ2v) is 15.7. The standard InChI is InChI=1S/C46H57ClN2O8/c1-5-24-54-46-42(49(4)45(52)53-25-21-47)29-40(48-55-30-33-13-7-6-8-14-33)38-27-34(15-9-11-22-50)37(16-10-12-23-51)43(44(38)46)39-28-36(19-20-41(39)57-46)56-35-18-17-31(2)32(3)26-35/h5-8,13-14,17-20,26-28,34,37,42-44,50-51H,1,9-12,15-16,21-25,29-30H2,2-4H3. The van der Waals surface area contributed by atoms with Gasteiger partial charge in [0, 0.05) is 38.2 Å². The quantitative estimate of drug-likeness (QED) is 0.0533. The summed E-state index contributed by atoms with van der Waals surface area (Å²) in [6.45, 7) is 8.83. The van der Waals surface area contributed by atoms with Crippen LogP contribution in [0.25, 0.3) is 0 Å². The number of aliphatic hydroxyl groups is 2. The topological polar surface area (TPSA) is 119 Å². The van der Waals surface area contributed by atoms with Gasteiger partial charge >= 0.3 is 6.09 Å². The molecule has 3 aromatic carbocycles. The summed E-state index contributed by atoms with van der Waals surface area (Å²) in [5.74, 6) is 0.375. The molecule has 1 heterocycles. The maximum absolute atomic E-state index is 13.8. The summed E-state index contributed by atoms with van der Waals surface area (Å²) in [5, 5.41) is 24.6. The molecule has 57 heavy (non-hydrogen) atoms. The van der Waals surface area contributed by atoms with E-state index in [2.05, 4.69) is 38.6 Å². The summed E-state index contributed by atoms with van der Waals surface area (Å²) >= 11 is 5.96. The molecule has 10 nitrogen and oxygen atoms in total. The van der Waals surface area contributed by atoms with Crippen molar-refractivity contribution in [2.75, 3.05) is 39.4 Å². The lowest BCUT2D eigenvalue weighted by molar-refractivity contribution is -0.253. The average Bonchev–Trinajstić information content (AvgIpc) is 3.22. The molecule has 306 valence electrons. The number of allylic oxidation sites excluding steroid dienone is 1. The van der Waals surface area contributed by atoms with Crippen LogP contribution in [0.3, 0.4) is 0 Å². The number of aliphatic hydroxyl groups excluding tert-OH is 2. The Labute approximate surface area is 342 Å². The molecule has 6 unspecified atom stereocenters. The molecule has 1 fully saturated rings. The van der Waals surface area contributed by atoms with E-state index >= 15 is 0 Å². The highest BCUT2D eigenvalue weighted by atomic mass is 35.5. The highest BCUT2D eigenvalue weighted by molar-refractivity contribution is 6.18. The van der Waals surface area contributed by atoms with Gasteiger partial charge in [-0.05, 0) is 104 Å². The Balaban J connectivity index is 1.55. The van der Waals surface area contributed by atoms with E-state index in [1.807, 2.05) is 54.6 Å². The van der Waals surface area contributed by atoms with Crippen LogP contribution >= 0.6 is 11.6 Å². The SMILES string of the molecule is C=CCOC12Oc3ccc(Oc4ccc(C)c(C)c4)cc3C3C(CCCCO)C(CCCCO)C=C(C(=NOCc4ccccc4)CC1N(C)C(=O)OCCCl)C32. The number of hydrogen-bond donors (Lipinski definition) is 2. The summed E-state index contributed by atoms with van der Waals surface area (Å²) in [5.41, 5.74) is 5.93. The van der Waals surface area contributed by atoms with Crippen molar-refractivity contribution in [2.24, 2.45) is 22.9 Å². The lowest BCUT2D eigenvalue weighted by Gasteiger charge is -2.59. The van der Waals surface area contributed by atoms with E-state index in [1.54, 1.807) is 18.0 Å². The van der Waals surface area contributed by atoms with Crippen LogP contribution in [0.5, 0.6) is 17.2 Å². The summed E-state index contributed by atoms with van der Waals surface area (Å²) in [4.78, 5) is 21.4. The van der Waals surface area contributed by atoms with E-state index in [9.17, 15) is 15.0 Å². The fraction of sp³-hybridized carbons (Fsp3) is 0.478. The number of carbonyl (C=O) groups excluding carboxylic acids is 1. The third-order valence-electron chi connectivity index (χ3n) is 11.7. The summed E-state index contributed by atoms with van der Waals surface area (Å²) in [6.07, 6.45) is 8.40. The van der Waals surface area contributed by atoms with Crippen LogP contribution in [0.4, 0.5) is 4.79 Å². The number of fused-ring (bicyclic) bond motifs is 2. The molecule has 6 rings (SSSR count). The maximum atomic E-state index is 13.8. The smallest absolute Gasteiger partial charge is 0.410 e. The van der Waals surface area contributed by atoms with E-state index in [4.69, 9.17) is 40.5 Å². The molecule has 0 radical (unpaired) electrons. The zero-order valence-corrected chi connectivity index (χ0v) is 34.2. The predicted molar refractivity (Wildman–Crippen MR) is 222 cm³/mol. The molecule has 3 aromatic rings. The number of aryl methyl sites for hydroxylation is 2. The number of unbranched alkanes of at least 4 members (excludes halogenated alkanes) is 2. The number of nitrogens with zero attached hydrogens (tertiary/aromatic N) is 2. The van der Waals surface area contributed by atoms with Gasteiger partial charge < -0.3 is 38.9 Å². The van der Waals surface area contributed by atoms with Gasteiger partial charge in [-0.2, -0.15) is 0 Å². The second-order valence-electron chi connectivity index (χ2n) is 15.3. The van der Waals surface area contributed by atoms with E-state index in [-0.39, 0.29) is 63.1 Å². The van der Waals surface area contributed by atoms with E-state index in [0.717, 1.165) is 53.7 Å². The normalized spacial score (nSPS) is 24.1. The van der Waals surface area contributed by atoms with Gasteiger partial charge in [-0.1, -0.05) is 66.5 Å². The molecule has 1 amide bonds. The number of oxime groups is 1. The number of benzene rings is 3. The van der Waals surface area contributed by atoms with Gasteiger partial charge in [-0.15, -0.1) is 18.2 Å². The Morgan fingerprint density at radius 1 is 1.00 bits per heavy atom. The molecule has 2 N–H and O–H groups in total. The first-order valence-electron chi connectivity index (χ1n) is 20.2. The molecular formula is C46H57ClN2O8. The Kier molecular flexibility index (Phi) is 14.7. The number of likely N-dealkylation sites (N-methyl/N-ethyl adjacent to an activating group) is 1. The van der Waals surface area contributed by atoms with Gasteiger partial charge in [0.25, 0.3) is 0 Å². The molecule has 3 aliphatic rings. The van der Waals surface area contributed by atoms with Crippen LogP contribution in [0, 0.1) is 31.6 Å². The Hall–Kier alpha value is -4.35. The van der Waals surface area contributed by atoms with Gasteiger partial charge in [-0.25, -0.2) is 4.79 Å². The highest BCUT2D eigenvalue weighted by Crippen LogP contribution is 2.62. The van der Waals surface area contributed by atoms with Crippen LogP contribution in [0.1, 0.15) is 73.1 Å². The third-order valence-corrected chi connectivity index (χ3v) is 11.8. The van der Waals surface area contributed by atoms with Crippen molar-refractivity contribution in [1.29, 1.82) is 0 Å². The zero-order chi connectivity index (χ0) is 40.4. The number of ether oxygens (including phenoxy) is 4. The lowest BCUT2D eigenvalue weighted by atomic mass is 9.55. The van der Waals surface area contributed by atoms with Crippen molar-refractivity contribution in [3.8, 4) is 17.2 Å². The lowest BCUT2D eigenvalue weighted by Crippen LogP contribution is -2.69. The summed E-state index contributed by atoms with van der Waals surface area (Å²) in [7, 11) is 1.70. The Morgan fingerprint density at radius 2 is 1.74 bits per heavy atom. The highest BCUT2D eigenvalue weighted by Gasteiger charge is 2.65. The van der Waals surface area contributed by atoms with Crippen molar-refractivity contribution < 1.29 is 38.8 Å². The van der Waals surface area contributed by atoms with Crippen LogP contribution in [-0.2, 0) is 20.9 Å². The number of halogens is 1. The minimum absolute atomic E-state index is 0.0474. The fourth-order valence-electron chi connectivity index (χ4n) is 8.82. The van der Waals surface area contributed by atoms with Crippen molar-refractivity contribution in [1.82, 2.24) is 4.90 Å². The van der Waals surface area contributed by atoms with Crippen molar-refractivity contribution in [3.63, 3.8) is 0 Å². The fourth-order valence-corrected chi connectivity index (χ4v) is 8.90. The van der Waals surface area contributed by atoms with Crippen LogP contribution < -0.4 is 9.47 Å². The van der Waals surface area contributed by atoms with Gasteiger partial charge in [-0.3, -0.25) is 0 Å². The number of hydrogen-bond acceptors (Lipinski definition) is 9. The van der Waals surface area contributed by atoms with Crippen molar-refractivity contribution in [3.05, 3.63) is 113 Å². The Morgan fingerprint density at radius 3 is 2.46 bits per heavy atom. The molecule has 2 aliphatic carbocycles. The predicted octanol–water partition coefficient (Wildman–Crippen LogP) is 9.24. The molecule has 0 saturated heterocycles. The summed E-state index contributed by atoms with van der Waals surface area (Å²) in [6, 6.07) is 21.2. The minimum atomic E-state index is -1.38. The van der Waals surface area contributed by atoms with Gasteiger partial charge in [0.1, 0.15) is 36.5 Å². The van der Waals surface area contributed by atoms with Gasteiger partial charge in [0.2, 0.25) is 5.79 Å². The molecule has 11 heteroatoms. The molecule has 0 aromatic heterocycles. The van der Waals surface area contributed by atoms with E-state index in [1.165, 1.54) is 5.56 Å². The summed E-state index contributed by atoms with van der Waals surface area (Å²) < 4.78 is 26.3. The first-order chi connectivity index (χ1) is 27.7. The molecule has 6 atom stereocenters. The maximum Gasteiger partial charge on any atom is 0.410 e. The molecular weight excluding hydrogens is 744 g/mol. The monoisotopic (exact) mass is 800 g/mol. The molecule has 0 bridgehead atoms. The third kappa shape index (κ3) is 9.52. The number of alkyl halides is 1. The van der Waals surface area contributed by atoms with E-state index < -0.39 is 23.8 Å². The first-order valence-corrected chi connectivity index (χ1v) is 20.7. The Bertz CT molecular complexity index is 1890. The number of amides is 1. The van der Waals surface area contributed by atoms with Crippen molar-refractivity contribution in [2.45, 2.75) is 83.1 Å². The molecule has 1 aliphatic heterocycles. The average molecular weight is 801 g/mol. The van der Waals surface area contributed by atoms with Crippen LogP contribution in [-0.4, -0.2) is 78.1 Å². The molecule has 1 saturated carbocycles. The largest absolute Gasteiger partial charge is 0.459 e. The van der Waals surface area contributed by atoms with E-state index in [0.29, 0.717) is 30.1 Å².